The van der Waals surface area contributed by atoms with Crippen LogP contribution in [0.25, 0.3) is 0 Å². The summed E-state index contributed by atoms with van der Waals surface area (Å²) in [6.07, 6.45) is 25.4. The van der Waals surface area contributed by atoms with Crippen molar-refractivity contribution in [3.63, 3.8) is 0 Å². The van der Waals surface area contributed by atoms with Gasteiger partial charge in [0.15, 0.2) is 0 Å². The van der Waals surface area contributed by atoms with Crippen LogP contribution >= 0.6 is 0 Å². The van der Waals surface area contributed by atoms with Crippen molar-refractivity contribution in [2.75, 3.05) is 0 Å². The molecule has 0 saturated carbocycles. The smallest absolute Gasteiger partial charge is 0.0276 e. The van der Waals surface area contributed by atoms with E-state index in [1.807, 2.05) is 0 Å². The van der Waals surface area contributed by atoms with Crippen LogP contribution in [0.3, 0.4) is 0 Å². The quantitative estimate of drug-likeness (QED) is 0.186. The first-order valence-corrected chi connectivity index (χ1v) is 13.7. The number of unbranched alkanes of at least 4 members (excludes halogenated alkanes) is 12. The molecule has 0 aromatic heterocycles. The summed E-state index contributed by atoms with van der Waals surface area (Å²) in [5.74, 6) is 1.76. The second-order valence-corrected chi connectivity index (χ2v) is 10.6. The maximum atomic E-state index is 2.38. The molecule has 1 aromatic carbocycles. The molecule has 0 bridgehead atoms. The zero-order valence-corrected chi connectivity index (χ0v) is 21.2. The van der Waals surface area contributed by atoms with Crippen LogP contribution in [0.4, 0.5) is 0 Å². The highest BCUT2D eigenvalue weighted by Gasteiger charge is 2.03. The topological polar surface area (TPSA) is 0 Å². The fourth-order valence-corrected chi connectivity index (χ4v) is 4.55. The van der Waals surface area contributed by atoms with E-state index in [0.717, 1.165) is 11.8 Å². The Morgan fingerprint density at radius 2 is 0.733 bits per heavy atom. The van der Waals surface area contributed by atoms with E-state index >= 15 is 0 Å². The van der Waals surface area contributed by atoms with Gasteiger partial charge < -0.3 is 0 Å². The van der Waals surface area contributed by atoms with Crippen LogP contribution in [-0.4, -0.2) is 0 Å². The van der Waals surface area contributed by atoms with Gasteiger partial charge in [-0.1, -0.05) is 142 Å². The van der Waals surface area contributed by atoms with Crippen molar-refractivity contribution in [2.24, 2.45) is 11.8 Å². The monoisotopic (exact) mass is 414 g/mol. The van der Waals surface area contributed by atoms with Gasteiger partial charge in [-0.15, -0.1) is 0 Å². The van der Waals surface area contributed by atoms with Gasteiger partial charge in [-0.3, -0.25) is 0 Å². The molecule has 0 radical (unpaired) electrons. The first-order valence-electron chi connectivity index (χ1n) is 13.7. The molecule has 0 aliphatic heterocycles. The van der Waals surface area contributed by atoms with Gasteiger partial charge in [0.05, 0.1) is 0 Å². The first kappa shape index (κ1) is 27.3. The highest BCUT2D eigenvalue weighted by Crippen LogP contribution is 2.18. The number of benzene rings is 1. The van der Waals surface area contributed by atoms with Gasteiger partial charge in [0.1, 0.15) is 0 Å². The van der Waals surface area contributed by atoms with Crippen LogP contribution in [-0.2, 0) is 12.8 Å². The van der Waals surface area contributed by atoms with Crippen molar-refractivity contribution in [2.45, 2.75) is 143 Å². The first-order chi connectivity index (χ1) is 14.6. The van der Waals surface area contributed by atoms with Gasteiger partial charge in [0, 0.05) is 0 Å². The summed E-state index contributed by atoms with van der Waals surface area (Å²) in [6, 6.07) is 9.25. The number of aryl methyl sites for hydroxylation is 2. The molecule has 0 fully saturated rings. The lowest BCUT2D eigenvalue weighted by molar-refractivity contribution is 0.508. The summed E-state index contributed by atoms with van der Waals surface area (Å²) < 4.78 is 0. The SMILES string of the molecule is CC(C)CCCCCCCCCc1ccccc1CCCCCCCCCC(C)C. The predicted octanol–water partition coefficient (Wildman–Crippen LogP) is 10.3. The van der Waals surface area contributed by atoms with E-state index in [1.54, 1.807) is 11.1 Å². The lowest BCUT2D eigenvalue weighted by atomic mass is 9.96. The predicted molar refractivity (Wildman–Crippen MR) is 137 cm³/mol. The molecular weight excluding hydrogens is 360 g/mol. The normalized spacial score (nSPS) is 11.7. The minimum absolute atomic E-state index is 0.879. The highest BCUT2D eigenvalue weighted by molar-refractivity contribution is 5.27. The van der Waals surface area contributed by atoms with Crippen molar-refractivity contribution >= 4 is 0 Å². The molecule has 30 heavy (non-hydrogen) atoms. The number of hydrogen-bond donors (Lipinski definition) is 0. The Bertz CT molecular complexity index is 440. The fraction of sp³-hybridized carbons (Fsp3) is 0.800. The summed E-state index contributed by atoms with van der Waals surface area (Å²) in [7, 11) is 0. The average molecular weight is 415 g/mol. The van der Waals surface area contributed by atoms with Crippen LogP contribution in [0.15, 0.2) is 24.3 Å². The third-order valence-electron chi connectivity index (χ3n) is 6.57. The molecule has 0 unspecified atom stereocenters. The van der Waals surface area contributed by atoms with Gasteiger partial charge in [-0.25, -0.2) is 0 Å². The molecule has 174 valence electrons. The van der Waals surface area contributed by atoms with E-state index in [0.29, 0.717) is 0 Å². The molecule has 0 nitrogen and oxygen atoms in total. The van der Waals surface area contributed by atoms with Gasteiger partial charge >= 0.3 is 0 Å². The van der Waals surface area contributed by atoms with Crippen LogP contribution in [0.2, 0.25) is 0 Å². The molecule has 0 amide bonds. The summed E-state index contributed by atoms with van der Waals surface area (Å²) in [5, 5.41) is 0. The summed E-state index contributed by atoms with van der Waals surface area (Å²) in [4.78, 5) is 0. The Morgan fingerprint density at radius 1 is 0.433 bits per heavy atom. The van der Waals surface area contributed by atoms with E-state index in [1.165, 1.54) is 116 Å². The minimum Gasteiger partial charge on any atom is -0.0628 e. The van der Waals surface area contributed by atoms with Crippen LogP contribution < -0.4 is 0 Å². The second-order valence-electron chi connectivity index (χ2n) is 10.6. The van der Waals surface area contributed by atoms with E-state index in [-0.39, 0.29) is 0 Å². The zero-order chi connectivity index (χ0) is 21.9. The van der Waals surface area contributed by atoms with E-state index in [2.05, 4.69) is 52.0 Å². The molecule has 1 aromatic rings. The molecule has 0 heteroatoms. The van der Waals surface area contributed by atoms with Gasteiger partial charge in [0.25, 0.3) is 0 Å². The van der Waals surface area contributed by atoms with Crippen LogP contribution in [0.5, 0.6) is 0 Å². The largest absolute Gasteiger partial charge is 0.0628 e. The second kappa shape index (κ2) is 18.9. The maximum absolute atomic E-state index is 2.38. The van der Waals surface area contributed by atoms with Crippen molar-refractivity contribution < 1.29 is 0 Å². The molecule has 1 rings (SSSR count). The fourth-order valence-electron chi connectivity index (χ4n) is 4.55. The Hall–Kier alpha value is -0.780. The third kappa shape index (κ3) is 16.0. The molecule has 0 spiro atoms. The number of rotatable bonds is 20. The Balaban J connectivity index is 2.05. The van der Waals surface area contributed by atoms with E-state index in [4.69, 9.17) is 0 Å². The third-order valence-corrected chi connectivity index (χ3v) is 6.57. The average Bonchev–Trinajstić information content (AvgIpc) is 2.71. The highest BCUT2D eigenvalue weighted by atomic mass is 14.1. The van der Waals surface area contributed by atoms with Gasteiger partial charge in [0.2, 0.25) is 0 Å². The van der Waals surface area contributed by atoms with Crippen molar-refractivity contribution in [1.29, 1.82) is 0 Å². The molecule has 0 aliphatic carbocycles. The summed E-state index contributed by atoms with van der Waals surface area (Å²) >= 11 is 0. The van der Waals surface area contributed by atoms with E-state index in [9.17, 15) is 0 Å². The molecule has 0 aliphatic rings. The molecule has 0 saturated heterocycles. The maximum Gasteiger partial charge on any atom is -0.0276 e. The molecular formula is C30H54. The van der Waals surface area contributed by atoms with Crippen molar-refractivity contribution in [1.82, 2.24) is 0 Å². The van der Waals surface area contributed by atoms with Gasteiger partial charge in [-0.05, 0) is 48.6 Å². The van der Waals surface area contributed by atoms with Crippen molar-refractivity contribution in [3.8, 4) is 0 Å². The number of hydrogen-bond acceptors (Lipinski definition) is 0. The molecule has 0 N–H and O–H groups in total. The summed E-state index contributed by atoms with van der Waals surface area (Å²) in [6.45, 7) is 9.36. The van der Waals surface area contributed by atoms with Crippen molar-refractivity contribution in [3.05, 3.63) is 35.4 Å². The lowest BCUT2D eigenvalue weighted by Gasteiger charge is -2.10. The van der Waals surface area contributed by atoms with Crippen LogP contribution in [0.1, 0.15) is 142 Å². The van der Waals surface area contributed by atoms with Gasteiger partial charge in [-0.2, -0.15) is 0 Å². The zero-order valence-electron chi connectivity index (χ0n) is 21.2. The Labute approximate surface area is 190 Å². The lowest BCUT2D eigenvalue weighted by Crippen LogP contribution is -1.95. The summed E-state index contributed by atoms with van der Waals surface area (Å²) in [5.41, 5.74) is 3.26. The standard InChI is InChI=1S/C30H54/c1-27(2)21-15-11-7-5-9-13-17-23-29-25-19-20-26-30(29)24-18-14-10-6-8-12-16-22-28(3)4/h19-20,25-28H,5-18,21-24H2,1-4H3. The molecule has 0 heterocycles. The molecule has 0 atom stereocenters. The Kier molecular flexibility index (Phi) is 17.2. The Morgan fingerprint density at radius 3 is 1.07 bits per heavy atom. The minimum atomic E-state index is 0.879. The van der Waals surface area contributed by atoms with E-state index < -0.39 is 0 Å². The van der Waals surface area contributed by atoms with Crippen LogP contribution in [0, 0.1) is 11.8 Å².